The molecule has 2 atom stereocenters. The third-order valence-corrected chi connectivity index (χ3v) is 5.29. The fourth-order valence-electron chi connectivity index (χ4n) is 3.75. The standard InChI is InChI=1S/C24H23N3O2/c1-3-7-17(8-4-1)21-15-28-23(26-21)13-19-11-12-20(25-19)14-24-27-22(16-29-24)18-9-5-2-6-10-18/h1-10,13-14,21-22,25H,11-12,15-16H2. The average Bonchev–Trinajstić information content (AvgIpc) is 3.52. The summed E-state index contributed by atoms with van der Waals surface area (Å²) in [6.45, 7) is 1.19. The molecule has 3 aliphatic rings. The average molecular weight is 385 g/mol. The van der Waals surface area contributed by atoms with Gasteiger partial charge in [0.2, 0.25) is 11.8 Å². The van der Waals surface area contributed by atoms with Crippen molar-refractivity contribution in [3.8, 4) is 0 Å². The van der Waals surface area contributed by atoms with Crippen LogP contribution in [-0.2, 0) is 9.47 Å². The molecule has 5 nitrogen and oxygen atoms in total. The molecule has 1 fully saturated rings. The molecule has 0 radical (unpaired) electrons. The predicted molar refractivity (Wildman–Crippen MR) is 114 cm³/mol. The Bertz CT molecular complexity index is 912. The number of hydrogen-bond donors (Lipinski definition) is 1. The Kier molecular flexibility index (Phi) is 4.87. The van der Waals surface area contributed by atoms with Crippen molar-refractivity contribution in [1.29, 1.82) is 0 Å². The Balaban J connectivity index is 1.24. The molecule has 146 valence electrons. The van der Waals surface area contributed by atoms with Crippen molar-refractivity contribution in [2.45, 2.75) is 24.9 Å². The van der Waals surface area contributed by atoms with E-state index < -0.39 is 0 Å². The number of nitrogens with one attached hydrogen (secondary N) is 1. The molecule has 3 aliphatic heterocycles. The normalized spacial score (nSPS) is 26.1. The second-order valence-electron chi connectivity index (χ2n) is 7.37. The Morgan fingerprint density at radius 3 is 1.59 bits per heavy atom. The van der Waals surface area contributed by atoms with Crippen LogP contribution in [0.1, 0.15) is 36.1 Å². The van der Waals surface area contributed by atoms with Crippen molar-refractivity contribution in [2.75, 3.05) is 13.2 Å². The number of nitrogens with zero attached hydrogens (tertiary/aromatic N) is 2. The van der Waals surface area contributed by atoms with Gasteiger partial charge < -0.3 is 14.8 Å². The SMILES string of the molecule is C(=C1CCC(=CC2=NC(c3ccccc3)CO2)N1)C1=NC(c2ccccc2)CO1. The summed E-state index contributed by atoms with van der Waals surface area (Å²) in [5, 5.41) is 3.45. The smallest absolute Gasteiger partial charge is 0.211 e. The number of allylic oxidation sites excluding steroid dienone is 2. The summed E-state index contributed by atoms with van der Waals surface area (Å²) in [5.74, 6) is 1.39. The van der Waals surface area contributed by atoms with Crippen LogP contribution in [0.3, 0.4) is 0 Å². The third-order valence-electron chi connectivity index (χ3n) is 5.29. The first kappa shape index (κ1) is 17.7. The molecule has 5 rings (SSSR count). The van der Waals surface area contributed by atoms with Gasteiger partial charge >= 0.3 is 0 Å². The van der Waals surface area contributed by atoms with E-state index in [0.717, 1.165) is 24.2 Å². The number of ether oxygens (including phenoxy) is 2. The fourth-order valence-corrected chi connectivity index (χ4v) is 3.75. The predicted octanol–water partition coefficient (Wildman–Crippen LogP) is 4.48. The van der Waals surface area contributed by atoms with E-state index >= 15 is 0 Å². The van der Waals surface area contributed by atoms with E-state index in [0.29, 0.717) is 25.0 Å². The van der Waals surface area contributed by atoms with Crippen LogP contribution in [-0.4, -0.2) is 25.0 Å². The zero-order chi connectivity index (χ0) is 19.5. The van der Waals surface area contributed by atoms with Gasteiger partial charge in [0.1, 0.15) is 25.3 Å². The molecular formula is C24H23N3O2. The van der Waals surface area contributed by atoms with Crippen LogP contribution < -0.4 is 5.32 Å². The molecule has 0 aliphatic carbocycles. The number of benzene rings is 2. The highest BCUT2D eigenvalue weighted by atomic mass is 16.5. The molecule has 2 unspecified atom stereocenters. The first-order valence-electron chi connectivity index (χ1n) is 10.0. The lowest BCUT2D eigenvalue weighted by Crippen LogP contribution is -2.07. The van der Waals surface area contributed by atoms with Gasteiger partial charge in [-0.3, -0.25) is 0 Å². The van der Waals surface area contributed by atoms with E-state index in [1.807, 2.05) is 48.6 Å². The van der Waals surface area contributed by atoms with Crippen LogP contribution in [0, 0.1) is 0 Å². The van der Waals surface area contributed by atoms with Gasteiger partial charge in [0.15, 0.2) is 0 Å². The van der Waals surface area contributed by atoms with Gasteiger partial charge in [-0.15, -0.1) is 0 Å². The minimum atomic E-state index is 0.0793. The Labute approximate surface area is 170 Å². The molecule has 0 aromatic heterocycles. The molecule has 1 saturated heterocycles. The molecule has 0 amide bonds. The summed E-state index contributed by atoms with van der Waals surface area (Å²) in [6, 6.07) is 20.7. The highest BCUT2D eigenvalue weighted by Gasteiger charge is 2.23. The first-order valence-corrected chi connectivity index (χ1v) is 10.0. The summed E-state index contributed by atoms with van der Waals surface area (Å²) in [7, 11) is 0. The minimum absolute atomic E-state index is 0.0793. The second-order valence-corrected chi connectivity index (χ2v) is 7.37. The summed E-state index contributed by atoms with van der Waals surface area (Å²) < 4.78 is 11.6. The first-order chi connectivity index (χ1) is 14.3. The van der Waals surface area contributed by atoms with E-state index in [-0.39, 0.29) is 12.1 Å². The molecule has 0 saturated carbocycles. The number of aliphatic imine (C=N–C) groups is 2. The maximum absolute atomic E-state index is 5.78. The maximum Gasteiger partial charge on any atom is 0.211 e. The van der Waals surface area contributed by atoms with E-state index in [1.165, 1.54) is 11.1 Å². The van der Waals surface area contributed by atoms with E-state index in [9.17, 15) is 0 Å². The van der Waals surface area contributed by atoms with Crippen molar-refractivity contribution >= 4 is 11.8 Å². The van der Waals surface area contributed by atoms with Crippen LogP contribution >= 0.6 is 0 Å². The topological polar surface area (TPSA) is 55.2 Å². The molecule has 0 spiro atoms. The van der Waals surface area contributed by atoms with Crippen LogP contribution in [0.25, 0.3) is 0 Å². The van der Waals surface area contributed by atoms with Crippen molar-refractivity contribution < 1.29 is 9.47 Å². The molecule has 2 aromatic carbocycles. The third kappa shape index (κ3) is 4.09. The van der Waals surface area contributed by atoms with Crippen molar-refractivity contribution in [3.63, 3.8) is 0 Å². The molecule has 1 N–H and O–H groups in total. The van der Waals surface area contributed by atoms with Crippen LogP contribution in [0.15, 0.2) is 94.2 Å². The summed E-state index contributed by atoms with van der Waals surface area (Å²) in [5.41, 5.74) is 4.60. The zero-order valence-electron chi connectivity index (χ0n) is 16.1. The maximum atomic E-state index is 5.78. The summed E-state index contributed by atoms with van der Waals surface area (Å²) in [6.07, 6.45) is 5.88. The lowest BCUT2D eigenvalue weighted by Gasteiger charge is -2.03. The van der Waals surface area contributed by atoms with E-state index in [1.54, 1.807) is 0 Å². The molecule has 29 heavy (non-hydrogen) atoms. The van der Waals surface area contributed by atoms with Gasteiger partial charge in [0.25, 0.3) is 0 Å². The van der Waals surface area contributed by atoms with Gasteiger partial charge in [-0.2, -0.15) is 0 Å². The van der Waals surface area contributed by atoms with Crippen LogP contribution in [0.2, 0.25) is 0 Å². The Hall–Kier alpha value is -3.34. The van der Waals surface area contributed by atoms with Crippen molar-refractivity contribution in [2.24, 2.45) is 9.98 Å². The quantitative estimate of drug-likeness (QED) is 0.844. The highest BCUT2D eigenvalue weighted by molar-refractivity contribution is 5.91. The molecule has 2 aromatic rings. The summed E-state index contributed by atoms with van der Waals surface area (Å²) >= 11 is 0. The van der Waals surface area contributed by atoms with Gasteiger partial charge in [0.05, 0.1) is 0 Å². The Morgan fingerprint density at radius 1 is 0.690 bits per heavy atom. The molecule has 3 heterocycles. The second kappa shape index (κ2) is 7.95. The van der Waals surface area contributed by atoms with Crippen molar-refractivity contribution in [3.05, 3.63) is 95.3 Å². The minimum Gasteiger partial charge on any atom is -0.475 e. The lowest BCUT2D eigenvalue weighted by molar-refractivity contribution is 0.320. The monoisotopic (exact) mass is 385 g/mol. The van der Waals surface area contributed by atoms with E-state index in [4.69, 9.17) is 19.5 Å². The lowest BCUT2D eigenvalue weighted by atomic mass is 10.1. The van der Waals surface area contributed by atoms with Gasteiger partial charge in [-0.05, 0) is 24.0 Å². The fraction of sp³-hybridized carbons (Fsp3) is 0.250. The zero-order valence-corrected chi connectivity index (χ0v) is 16.1. The Morgan fingerprint density at radius 2 is 1.14 bits per heavy atom. The van der Waals surface area contributed by atoms with E-state index in [2.05, 4.69) is 29.6 Å². The number of rotatable bonds is 4. The summed E-state index contributed by atoms with van der Waals surface area (Å²) in [4.78, 5) is 9.41. The van der Waals surface area contributed by atoms with Gasteiger partial charge in [-0.25, -0.2) is 9.98 Å². The molecular weight excluding hydrogens is 362 g/mol. The van der Waals surface area contributed by atoms with Crippen LogP contribution in [0.4, 0.5) is 0 Å². The highest BCUT2D eigenvalue weighted by Crippen LogP contribution is 2.27. The van der Waals surface area contributed by atoms with Crippen LogP contribution in [0.5, 0.6) is 0 Å². The largest absolute Gasteiger partial charge is 0.475 e. The van der Waals surface area contributed by atoms with Gasteiger partial charge in [-0.1, -0.05) is 60.7 Å². The molecule has 5 heteroatoms. The number of hydrogen-bond acceptors (Lipinski definition) is 5. The molecule has 0 bridgehead atoms. The van der Waals surface area contributed by atoms with Crippen molar-refractivity contribution in [1.82, 2.24) is 5.32 Å². The van der Waals surface area contributed by atoms with Gasteiger partial charge in [0, 0.05) is 23.5 Å².